The van der Waals surface area contributed by atoms with Crippen molar-refractivity contribution in [2.45, 2.75) is 58.2 Å². The number of hydrogen-bond acceptors (Lipinski definition) is 4. The van der Waals surface area contributed by atoms with Crippen molar-refractivity contribution >= 4 is 43.1 Å². The third-order valence-electron chi connectivity index (χ3n) is 6.38. The fourth-order valence-corrected chi connectivity index (χ4v) is 4.39. The van der Waals surface area contributed by atoms with Crippen LogP contribution in [0.15, 0.2) is 24.3 Å². The van der Waals surface area contributed by atoms with E-state index in [0.717, 1.165) is 57.4 Å². The summed E-state index contributed by atoms with van der Waals surface area (Å²) in [5, 5.41) is 3.10. The number of piperazine rings is 1. The summed E-state index contributed by atoms with van der Waals surface area (Å²) in [4.78, 5) is 17.6. The maximum absolute atomic E-state index is 12.6. The molecule has 1 aliphatic heterocycles. The highest BCUT2D eigenvalue weighted by molar-refractivity contribution is 5.86. The van der Waals surface area contributed by atoms with Gasteiger partial charge in [-0.15, -0.1) is 37.2 Å². The van der Waals surface area contributed by atoms with E-state index < -0.39 is 0 Å². The third kappa shape index (κ3) is 8.18. The lowest BCUT2D eigenvalue weighted by molar-refractivity contribution is -0.128. The number of nitrogens with two attached hydrogens (primary N) is 1. The van der Waals surface area contributed by atoms with E-state index in [-0.39, 0.29) is 54.6 Å². The monoisotopic (exact) mass is 480 g/mol. The smallest absolute Gasteiger partial charge is 0.225 e. The molecule has 2 unspecified atom stereocenters. The van der Waals surface area contributed by atoms with Crippen LogP contribution in [0.1, 0.15) is 50.7 Å². The second-order valence-corrected chi connectivity index (χ2v) is 8.55. The second kappa shape index (κ2) is 13.8. The van der Waals surface area contributed by atoms with Crippen molar-refractivity contribution in [3.05, 3.63) is 35.4 Å². The molecule has 0 radical (unpaired) electrons. The molecule has 3 N–H and O–H groups in total. The van der Waals surface area contributed by atoms with Gasteiger partial charge in [-0.3, -0.25) is 9.69 Å². The molecular formula is C22H39Cl3N4O. The number of nitrogens with one attached hydrogen (secondary N) is 1. The maximum Gasteiger partial charge on any atom is 0.225 e. The van der Waals surface area contributed by atoms with Gasteiger partial charge in [0.05, 0.1) is 5.92 Å². The quantitative estimate of drug-likeness (QED) is 0.651. The Hall–Kier alpha value is -0.560. The molecule has 1 heterocycles. The molecular weight excluding hydrogens is 443 g/mol. The molecule has 0 aromatic heterocycles. The van der Waals surface area contributed by atoms with Crippen LogP contribution in [0.2, 0.25) is 0 Å². The average Bonchev–Trinajstić information content (AvgIpc) is 2.67. The Morgan fingerprint density at radius 2 is 1.60 bits per heavy atom. The first-order chi connectivity index (χ1) is 13.0. The maximum atomic E-state index is 12.6. The van der Waals surface area contributed by atoms with Crippen LogP contribution in [0.4, 0.5) is 0 Å². The number of nitrogens with zero attached hydrogens (tertiary/aromatic N) is 2. The van der Waals surface area contributed by atoms with Gasteiger partial charge in [0.15, 0.2) is 0 Å². The standard InChI is InChI=1S/C22H36N4O.3ClH/c1-3-25-12-14-26(15-13-25)17-19-9-7-18(8-10-19)16-24-21(27)20-6-4-5-11-22(20,2)23;;;/h7-10,20H,3-6,11-17,23H2,1-2H3,(H,24,27);3*1H. The number of benzene rings is 1. The van der Waals surface area contributed by atoms with Gasteiger partial charge in [0.1, 0.15) is 0 Å². The summed E-state index contributed by atoms with van der Waals surface area (Å²) in [5.41, 5.74) is 8.48. The van der Waals surface area contributed by atoms with Crippen molar-refractivity contribution < 1.29 is 4.79 Å². The Kier molecular flexibility index (Phi) is 13.5. The lowest BCUT2D eigenvalue weighted by Crippen LogP contribution is -2.52. The van der Waals surface area contributed by atoms with Gasteiger partial charge < -0.3 is 16.0 Å². The summed E-state index contributed by atoms with van der Waals surface area (Å²) in [6.07, 6.45) is 4.08. The van der Waals surface area contributed by atoms with Crippen molar-refractivity contribution in [1.29, 1.82) is 0 Å². The van der Waals surface area contributed by atoms with Crippen LogP contribution in [0.3, 0.4) is 0 Å². The van der Waals surface area contributed by atoms with E-state index in [1.807, 2.05) is 6.92 Å². The molecule has 1 saturated heterocycles. The van der Waals surface area contributed by atoms with E-state index in [9.17, 15) is 4.79 Å². The summed E-state index contributed by atoms with van der Waals surface area (Å²) in [5.74, 6) is 0.0462. The molecule has 30 heavy (non-hydrogen) atoms. The minimum atomic E-state index is -0.367. The minimum Gasteiger partial charge on any atom is -0.352 e. The number of halogens is 3. The third-order valence-corrected chi connectivity index (χ3v) is 6.38. The molecule has 2 atom stereocenters. The highest BCUT2D eigenvalue weighted by atomic mass is 35.5. The van der Waals surface area contributed by atoms with Gasteiger partial charge in [-0.05, 0) is 37.4 Å². The first kappa shape index (κ1) is 29.4. The van der Waals surface area contributed by atoms with Crippen molar-refractivity contribution in [3.63, 3.8) is 0 Å². The summed E-state index contributed by atoms with van der Waals surface area (Å²) in [6.45, 7) is 11.6. The van der Waals surface area contributed by atoms with Crippen LogP contribution < -0.4 is 11.1 Å². The predicted octanol–water partition coefficient (Wildman–Crippen LogP) is 3.61. The summed E-state index contributed by atoms with van der Waals surface area (Å²) in [7, 11) is 0. The van der Waals surface area contributed by atoms with E-state index >= 15 is 0 Å². The Balaban J connectivity index is 0.00000280. The van der Waals surface area contributed by atoms with Gasteiger partial charge >= 0.3 is 0 Å². The van der Waals surface area contributed by atoms with E-state index in [1.54, 1.807) is 0 Å². The number of carbonyl (C=O) groups excluding carboxylic acids is 1. The first-order valence-corrected chi connectivity index (χ1v) is 10.6. The SMILES string of the molecule is CCN1CCN(Cc2ccc(CNC(=O)C3CCCCC3(C)N)cc2)CC1.Cl.Cl.Cl. The minimum absolute atomic E-state index is 0. The second-order valence-electron chi connectivity index (χ2n) is 8.55. The van der Waals surface area contributed by atoms with Gasteiger partial charge in [0.2, 0.25) is 5.91 Å². The molecule has 5 nitrogen and oxygen atoms in total. The van der Waals surface area contributed by atoms with Crippen molar-refractivity contribution in [3.8, 4) is 0 Å². The predicted molar refractivity (Wildman–Crippen MR) is 132 cm³/mol. The van der Waals surface area contributed by atoms with Crippen molar-refractivity contribution in [2.24, 2.45) is 11.7 Å². The highest BCUT2D eigenvalue weighted by Gasteiger charge is 2.37. The molecule has 1 aromatic rings. The molecule has 8 heteroatoms. The normalized spacial score (nSPS) is 24.7. The van der Waals surface area contributed by atoms with E-state index in [0.29, 0.717) is 6.54 Å². The van der Waals surface area contributed by atoms with Gasteiger partial charge in [-0.25, -0.2) is 0 Å². The van der Waals surface area contributed by atoms with E-state index in [2.05, 4.69) is 46.3 Å². The number of likely N-dealkylation sites (N-methyl/N-ethyl adjacent to an activating group) is 1. The number of amides is 1. The fraction of sp³-hybridized carbons (Fsp3) is 0.682. The zero-order valence-corrected chi connectivity index (χ0v) is 20.7. The number of rotatable bonds is 6. The topological polar surface area (TPSA) is 61.6 Å². The van der Waals surface area contributed by atoms with Crippen molar-refractivity contribution in [2.75, 3.05) is 32.7 Å². The first-order valence-electron chi connectivity index (χ1n) is 10.6. The lowest BCUT2D eigenvalue weighted by atomic mass is 9.74. The van der Waals surface area contributed by atoms with Gasteiger partial charge in [-0.1, -0.05) is 44.0 Å². The molecule has 174 valence electrons. The van der Waals surface area contributed by atoms with Gasteiger partial charge in [0, 0.05) is 44.8 Å². The van der Waals surface area contributed by atoms with Crippen LogP contribution in [0, 0.1) is 5.92 Å². The lowest BCUT2D eigenvalue weighted by Gasteiger charge is -2.37. The molecule has 1 saturated carbocycles. The molecule has 0 bridgehead atoms. The molecule has 2 fully saturated rings. The van der Waals surface area contributed by atoms with Crippen LogP contribution in [-0.4, -0.2) is 54.0 Å². The summed E-state index contributed by atoms with van der Waals surface area (Å²) in [6, 6.07) is 8.67. The molecule has 3 rings (SSSR count). The van der Waals surface area contributed by atoms with Gasteiger partial charge in [0.25, 0.3) is 0 Å². The summed E-state index contributed by atoms with van der Waals surface area (Å²) < 4.78 is 0. The number of hydrogen-bond donors (Lipinski definition) is 2. The fourth-order valence-electron chi connectivity index (χ4n) is 4.39. The molecule has 1 amide bonds. The Morgan fingerprint density at radius 1 is 1.03 bits per heavy atom. The van der Waals surface area contributed by atoms with Gasteiger partial charge in [-0.2, -0.15) is 0 Å². The van der Waals surface area contributed by atoms with Crippen molar-refractivity contribution in [1.82, 2.24) is 15.1 Å². The average molecular weight is 482 g/mol. The molecule has 1 aromatic carbocycles. The Bertz CT molecular complexity index is 619. The van der Waals surface area contributed by atoms with E-state index in [4.69, 9.17) is 5.73 Å². The zero-order chi connectivity index (χ0) is 19.3. The van der Waals surface area contributed by atoms with Crippen LogP contribution >= 0.6 is 37.2 Å². The molecule has 2 aliphatic rings. The Labute approximate surface area is 200 Å². The van der Waals surface area contributed by atoms with E-state index in [1.165, 1.54) is 18.7 Å². The van der Waals surface area contributed by atoms with Crippen LogP contribution in [0.5, 0.6) is 0 Å². The largest absolute Gasteiger partial charge is 0.352 e. The van der Waals surface area contributed by atoms with Crippen LogP contribution in [0.25, 0.3) is 0 Å². The molecule has 0 spiro atoms. The summed E-state index contributed by atoms with van der Waals surface area (Å²) >= 11 is 0. The van der Waals surface area contributed by atoms with Crippen LogP contribution in [-0.2, 0) is 17.9 Å². The number of carbonyl (C=O) groups is 1. The highest BCUT2D eigenvalue weighted by Crippen LogP contribution is 2.31. The zero-order valence-electron chi connectivity index (χ0n) is 18.3. The Morgan fingerprint density at radius 3 is 2.17 bits per heavy atom. The molecule has 1 aliphatic carbocycles.